The first-order valence-electron chi connectivity index (χ1n) is 9.04. The van der Waals surface area contributed by atoms with Crippen LogP contribution in [0.1, 0.15) is 43.6 Å². The summed E-state index contributed by atoms with van der Waals surface area (Å²) in [5.41, 5.74) is 0.0391. The molecule has 1 aliphatic rings. The van der Waals surface area contributed by atoms with Gasteiger partial charge < -0.3 is 14.5 Å². The van der Waals surface area contributed by atoms with Crippen LogP contribution in [0.2, 0.25) is 5.02 Å². The van der Waals surface area contributed by atoms with Gasteiger partial charge in [-0.3, -0.25) is 4.79 Å². The summed E-state index contributed by atoms with van der Waals surface area (Å²) < 4.78 is 11.3. The summed E-state index contributed by atoms with van der Waals surface area (Å²) in [6, 6.07) is 12.7. The van der Waals surface area contributed by atoms with Crippen LogP contribution in [0.15, 0.2) is 46.4 Å². The fraction of sp³-hybridized carbons (Fsp3) is 0.333. The zero-order valence-electron chi connectivity index (χ0n) is 14.9. The van der Waals surface area contributed by atoms with Crippen LogP contribution in [0.4, 0.5) is 0 Å². The number of nitrogens with zero attached hydrogens (tertiary/aromatic N) is 1. The van der Waals surface area contributed by atoms with Crippen molar-refractivity contribution in [3.63, 3.8) is 0 Å². The second kappa shape index (κ2) is 9.29. The van der Waals surface area contributed by atoms with Gasteiger partial charge in [0.05, 0.1) is 0 Å². The van der Waals surface area contributed by atoms with Crippen LogP contribution >= 0.6 is 11.6 Å². The van der Waals surface area contributed by atoms with Gasteiger partial charge in [0.2, 0.25) is 0 Å². The van der Waals surface area contributed by atoms with Gasteiger partial charge in [-0.15, -0.1) is 0 Å². The molecule has 1 N–H and O–H groups in total. The monoisotopic (exact) mass is 384 g/mol. The van der Waals surface area contributed by atoms with Crippen molar-refractivity contribution < 1.29 is 13.9 Å². The van der Waals surface area contributed by atoms with Crippen molar-refractivity contribution in [2.45, 2.75) is 44.8 Å². The lowest BCUT2D eigenvalue weighted by atomic mass is 9.95. The molecule has 27 heavy (non-hydrogen) atoms. The van der Waals surface area contributed by atoms with E-state index in [0.717, 1.165) is 25.7 Å². The largest absolute Gasteiger partial charge is 0.486 e. The summed E-state index contributed by atoms with van der Waals surface area (Å²) in [6.45, 7) is 0.227. The second-order valence-corrected chi connectivity index (χ2v) is 6.96. The molecule has 1 aromatic carbocycles. The van der Waals surface area contributed by atoms with Gasteiger partial charge in [-0.25, -0.2) is 0 Å². The summed E-state index contributed by atoms with van der Waals surface area (Å²) in [6.07, 6.45) is 6.84. The van der Waals surface area contributed by atoms with E-state index < -0.39 is 0 Å². The van der Waals surface area contributed by atoms with Crippen molar-refractivity contribution in [2.75, 3.05) is 0 Å². The number of hydrogen-bond acceptors (Lipinski definition) is 4. The molecule has 6 heteroatoms. The number of nitrogens with one attached hydrogen (secondary N) is 1. The molecule has 0 aliphatic heterocycles. The molecule has 0 spiro atoms. The number of amides is 1. The first-order valence-corrected chi connectivity index (χ1v) is 9.41. The van der Waals surface area contributed by atoms with Crippen LogP contribution in [-0.2, 0) is 11.4 Å². The Balaban J connectivity index is 1.60. The number of furan rings is 1. The van der Waals surface area contributed by atoms with E-state index in [1.807, 2.05) is 6.07 Å². The van der Waals surface area contributed by atoms with Crippen molar-refractivity contribution in [3.05, 3.63) is 58.5 Å². The van der Waals surface area contributed by atoms with E-state index in [-0.39, 0.29) is 24.1 Å². The maximum Gasteiger partial charge on any atom is 0.262 e. The molecule has 1 fully saturated rings. The number of carbonyl (C=O) groups excluding carboxylic acids is 1. The summed E-state index contributed by atoms with van der Waals surface area (Å²) in [5.74, 6) is 1.32. The van der Waals surface area contributed by atoms with E-state index >= 15 is 0 Å². The van der Waals surface area contributed by atoms with E-state index in [2.05, 4.69) is 5.32 Å². The van der Waals surface area contributed by atoms with Crippen LogP contribution in [0.5, 0.6) is 5.75 Å². The molecule has 2 aromatic rings. The van der Waals surface area contributed by atoms with Crippen LogP contribution < -0.4 is 10.1 Å². The number of halogens is 1. The molecule has 0 unspecified atom stereocenters. The number of carbonyl (C=O) groups is 1. The van der Waals surface area contributed by atoms with Crippen molar-refractivity contribution in [3.8, 4) is 11.8 Å². The predicted molar refractivity (Wildman–Crippen MR) is 103 cm³/mol. The van der Waals surface area contributed by atoms with E-state index in [9.17, 15) is 10.1 Å². The summed E-state index contributed by atoms with van der Waals surface area (Å²) in [7, 11) is 0. The first-order chi connectivity index (χ1) is 13.1. The second-order valence-electron chi connectivity index (χ2n) is 6.53. The van der Waals surface area contributed by atoms with E-state index in [1.165, 1.54) is 12.5 Å². The summed E-state index contributed by atoms with van der Waals surface area (Å²) in [4.78, 5) is 12.3. The average Bonchev–Trinajstić information content (AvgIpc) is 3.13. The maximum absolute atomic E-state index is 12.3. The molecular weight excluding hydrogens is 364 g/mol. The van der Waals surface area contributed by atoms with Gasteiger partial charge in [0.15, 0.2) is 0 Å². The highest BCUT2D eigenvalue weighted by Crippen LogP contribution is 2.20. The maximum atomic E-state index is 12.3. The van der Waals surface area contributed by atoms with Gasteiger partial charge in [-0.05, 0) is 43.2 Å². The van der Waals surface area contributed by atoms with Crippen molar-refractivity contribution in [2.24, 2.45) is 0 Å². The Kier molecular flexibility index (Phi) is 6.56. The lowest BCUT2D eigenvalue weighted by molar-refractivity contribution is -0.117. The lowest BCUT2D eigenvalue weighted by Crippen LogP contribution is -2.36. The number of benzene rings is 1. The number of ether oxygens (including phenoxy) is 1. The van der Waals surface area contributed by atoms with E-state index in [0.29, 0.717) is 22.3 Å². The average molecular weight is 385 g/mol. The van der Waals surface area contributed by atoms with Gasteiger partial charge in [0.1, 0.15) is 35.5 Å². The minimum absolute atomic E-state index is 0.0391. The number of rotatable bonds is 6. The van der Waals surface area contributed by atoms with Gasteiger partial charge in [0.25, 0.3) is 5.91 Å². The van der Waals surface area contributed by atoms with Crippen LogP contribution in [0.3, 0.4) is 0 Å². The minimum atomic E-state index is -0.350. The van der Waals surface area contributed by atoms with E-state index in [1.54, 1.807) is 36.4 Å². The van der Waals surface area contributed by atoms with Gasteiger partial charge in [-0.2, -0.15) is 5.26 Å². The summed E-state index contributed by atoms with van der Waals surface area (Å²) >= 11 is 5.92. The number of nitriles is 1. The Morgan fingerprint density at radius 3 is 2.85 bits per heavy atom. The molecule has 140 valence electrons. The standard InChI is InChI=1S/C21H21ClN2O3/c22-16-5-4-8-18(12-16)26-14-20-10-9-19(27-20)11-15(13-23)21(25)24-17-6-2-1-3-7-17/h4-5,8-12,17H,1-3,6-7,14H2,(H,24,25). The van der Waals surface area contributed by atoms with Gasteiger partial charge in [-0.1, -0.05) is 36.9 Å². The Morgan fingerprint density at radius 1 is 1.30 bits per heavy atom. The SMILES string of the molecule is N#CC(=Cc1ccc(COc2cccc(Cl)c2)o1)C(=O)NC1CCCCC1. The zero-order chi connectivity index (χ0) is 19.1. The molecule has 0 radical (unpaired) electrons. The zero-order valence-corrected chi connectivity index (χ0v) is 15.7. The van der Waals surface area contributed by atoms with E-state index in [4.69, 9.17) is 20.8 Å². The highest BCUT2D eigenvalue weighted by atomic mass is 35.5. The van der Waals surface area contributed by atoms with Crippen LogP contribution in [0, 0.1) is 11.3 Å². The molecule has 0 atom stereocenters. The summed E-state index contributed by atoms with van der Waals surface area (Å²) in [5, 5.41) is 12.8. The third-order valence-corrected chi connectivity index (χ3v) is 4.69. The van der Waals surface area contributed by atoms with Crippen LogP contribution in [-0.4, -0.2) is 11.9 Å². The molecule has 1 aromatic heterocycles. The Labute approximate surface area is 163 Å². The third kappa shape index (κ3) is 5.63. The quantitative estimate of drug-likeness (QED) is 0.569. The first kappa shape index (κ1) is 19.1. The predicted octanol–water partition coefficient (Wildman–Crippen LogP) is 4.87. The molecule has 1 heterocycles. The molecule has 0 bridgehead atoms. The third-order valence-electron chi connectivity index (χ3n) is 4.45. The number of hydrogen-bond donors (Lipinski definition) is 1. The van der Waals surface area contributed by atoms with Gasteiger partial charge >= 0.3 is 0 Å². The minimum Gasteiger partial charge on any atom is -0.486 e. The highest BCUT2D eigenvalue weighted by Gasteiger charge is 2.18. The topological polar surface area (TPSA) is 75.3 Å². The molecule has 3 rings (SSSR count). The van der Waals surface area contributed by atoms with Crippen molar-refractivity contribution in [1.29, 1.82) is 5.26 Å². The van der Waals surface area contributed by atoms with Crippen molar-refractivity contribution >= 4 is 23.6 Å². The fourth-order valence-corrected chi connectivity index (χ4v) is 3.24. The van der Waals surface area contributed by atoms with Gasteiger partial charge in [0, 0.05) is 17.1 Å². The molecule has 1 aliphatic carbocycles. The van der Waals surface area contributed by atoms with Crippen LogP contribution in [0.25, 0.3) is 6.08 Å². The fourth-order valence-electron chi connectivity index (χ4n) is 3.06. The van der Waals surface area contributed by atoms with Crippen molar-refractivity contribution in [1.82, 2.24) is 5.32 Å². The molecule has 1 saturated carbocycles. The normalized spacial score (nSPS) is 15.2. The smallest absolute Gasteiger partial charge is 0.262 e. The molecular formula is C21H21ClN2O3. The highest BCUT2D eigenvalue weighted by molar-refractivity contribution is 6.30. The Morgan fingerprint density at radius 2 is 2.11 bits per heavy atom. The Hall–Kier alpha value is -2.71. The molecule has 5 nitrogen and oxygen atoms in total. The molecule has 1 amide bonds. The molecule has 0 saturated heterocycles. The Bertz CT molecular complexity index is 860. The lowest BCUT2D eigenvalue weighted by Gasteiger charge is -2.22.